The minimum atomic E-state index is -0.250. The third-order valence-corrected chi connectivity index (χ3v) is 4.07. The first-order valence-electron chi connectivity index (χ1n) is 6.84. The molecule has 0 saturated heterocycles. The Labute approximate surface area is 108 Å². The molecular weight excluding hydrogens is 227 g/mol. The molecule has 1 aliphatic rings. The Bertz CT molecular complexity index is 439. The fraction of sp³-hybridized carbons (Fsp3) is 0.562. The SMILES string of the molecule is Cc1ccc(F)cc1CC(=O)C1CCCC(C)C1. The van der Waals surface area contributed by atoms with E-state index in [-0.39, 0.29) is 17.5 Å². The van der Waals surface area contributed by atoms with Gasteiger partial charge in [-0.2, -0.15) is 0 Å². The number of ketones is 1. The largest absolute Gasteiger partial charge is 0.299 e. The van der Waals surface area contributed by atoms with Gasteiger partial charge in [0.25, 0.3) is 0 Å². The molecule has 0 amide bonds. The molecule has 2 unspecified atom stereocenters. The standard InChI is InChI=1S/C16H21FO/c1-11-4-3-5-13(8-11)16(18)10-14-9-15(17)7-6-12(14)2/h6-7,9,11,13H,3-5,8,10H2,1-2H3. The fourth-order valence-electron chi connectivity index (χ4n) is 2.89. The number of hydrogen-bond acceptors (Lipinski definition) is 1. The second-order valence-corrected chi connectivity index (χ2v) is 5.68. The zero-order valence-electron chi connectivity index (χ0n) is 11.2. The van der Waals surface area contributed by atoms with Crippen LogP contribution in [0.2, 0.25) is 0 Å². The molecule has 2 heteroatoms. The fourth-order valence-corrected chi connectivity index (χ4v) is 2.89. The van der Waals surface area contributed by atoms with Crippen LogP contribution in [-0.4, -0.2) is 5.78 Å². The third-order valence-electron chi connectivity index (χ3n) is 4.07. The number of carbonyl (C=O) groups is 1. The van der Waals surface area contributed by atoms with Crippen molar-refractivity contribution in [2.75, 3.05) is 0 Å². The predicted octanol–water partition coefficient (Wildman–Crippen LogP) is 4.07. The van der Waals surface area contributed by atoms with Crippen molar-refractivity contribution in [1.29, 1.82) is 0 Å². The number of halogens is 1. The van der Waals surface area contributed by atoms with Gasteiger partial charge in [-0.1, -0.05) is 25.8 Å². The Kier molecular flexibility index (Phi) is 4.15. The van der Waals surface area contributed by atoms with Crippen molar-refractivity contribution in [2.24, 2.45) is 11.8 Å². The number of hydrogen-bond donors (Lipinski definition) is 0. The second kappa shape index (κ2) is 5.64. The Morgan fingerprint density at radius 1 is 1.39 bits per heavy atom. The quantitative estimate of drug-likeness (QED) is 0.788. The third kappa shape index (κ3) is 3.18. The summed E-state index contributed by atoms with van der Waals surface area (Å²) in [5.74, 6) is 0.883. The van der Waals surface area contributed by atoms with Crippen LogP contribution in [0, 0.1) is 24.6 Å². The molecule has 18 heavy (non-hydrogen) atoms. The van der Waals surface area contributed by atoms with Crippen molar-refractivity contribution in [2.45, 2.75) is 46.0 Å². The van der Waals surface area contributed by atoms with Crippen LogP contribution in [0.15, 0.2) is 18.2 Å². The van der Waals surface area contributed by atoms with E-state index in [1.807, 2.05) is 6.92 Å². The highest BCUT2D eigenvalue weighted by Gasteiger charge is 2.25. The van der Waals surface area contributed by atoms with Crippen LogP contribution in [0.4, 0.5) is 4.39 Å². The summed E-state index contributed by atoms with van der Waals surface area (Å²) in [5.41, 5.74) is 1.85. The Morgan fingerprint density at radius 2 is 2.17 bits per heavy atom. The highest BCUT2D eigenvalue weighted by Crippen LogP contribution is 2.30. The molecule has 0 aliphatic heterocycles. The summed E-state index contributed by atoms with van der Waals surface area (Å²) in [6, 6.07) is 4.70. The number of Topliss-reactive ketones (excluding diaryl/α,β-unsaturated/α-hetero) is 1. The number of carbonyl (C=O) groups excluding carboxylic acids is 1. The van der Waals surface area contributed by atoms with E-state index in [1.54, 1.807) is 6.07 Å². The summed E-state index contributed by atoms with van der Waals surface area (Å²) in [7, 11) is 0. The number of rotatable bonds is 3. The average Bonchev–Trinajstić information content (AvgIpc) is 2.34. The molecule has 2 rings (SSSR count). The van der Waals surface area contributed by atoms with E-state index in [0.717, 1.165) is 30.4 Å². The highest BCUT2D eigenvalue weighted by molar-refractivity contribution is 5.83. The van der Waals surface area contributed by atoms with Gasteiger partial charge in [-0.05, 0) is 48.9 Å². The van der Waals surface area contributed by atoms with Gasteiger partial charge in [0.1, 0.15) is 11.6 Å². The zero-order valence-corrected chi connectivity index (χ0v) is 11.2. The minimum absolute atomic E-state index is 0.191. The lowest BCUT2D eigenvalue weighted by molar-refractivity contribution is -0.123. The maximum atomic E-state index is 13.2. The van der Waals surface area contributed by atoms with Crippen molar-refractivity contribution < 1.29 is 9.18 Å². The Hall–Kier alpha value is -1.18. The lowest BCUT2D eigenvalue weighted by Gasteiger charge is -2.25. The van der Waals surface area contributed by atoms with Gasteiger partial charge in [-0.25, -0.2) is 4.39 Å². The summed E-state index contributed by atoms with van der Waals surface area (Å²) in [6.45, 7) is 4.15. The van der Waals surface area contributed by atoms with E-state index in [1.165, 1.54) is 18.6 Å². The molecule has 0 bridgehead atoms. The molecule has 1 fully saturated rings. The van der Waals surface area contributed by atoms with Crippen LogP contribution >= 0.6 is 0 Å². The molecule has 0 radical (unpaired) electrons. The lowest BCUT2D eigenvalue weighted by atomic mass is 9.79. The smallest absolute Gasteiger partial charge is 0.140 e. The van der Waals surface area contributed by atoms with Crippen LogP contribution in [0.5, 0.6) is 0 Å². The maximum absolute atomic E-state index is 13.2. The summed E-state index contributed by atoms with van der Waals surface area (Å²) in [4.78, 5) is 12.3. The van der Waals surface area contributed by atoms with E-state index in [4.69, 9.17) is 0 Å². The van der Waals surface area contributed by atoms with E-state index in [9.17, 15) is 9.18 Å². The molecule has 1 saturated carbocycles. The summed E-state index contributed by atoms with van der Waals surface area (Å²) >= 11 is 0. The first-order valence-corrected chi connectivity index (χ1v) is 6.84. The zero-order chi connectivity index (χ0) is 13.1. The number of aryl methyl sites for hydroxylation is 1. The highest BCUT2D eigenvalue weighted by atomic mass is 19.1. The maximum Gasteiger partial charge on any atom is 0.140 e. The van der Waals surface area contributed by atoms with Gasteiger partial charge < -0.3 is 0 Å². The monoisotopic (exact) mass is 248 g/mol. The van der Waals surface area contributed by atoms with E-state index >= 15 is 0 Å². The minimum Gasteiger partial charge on any atom is -0.299 e. The predicted molar refractivity (Wildman–Crippen MR) is 71.0 cm³/mol. The van der Waals surface area contributed by atoms with Crippen molar-refractivity contribution in [3.63, 3.8) is 0 Å². The summed E-state index contributed by atoms with van der Waals surface area (Å²) in [5, 5.41) is 0. The van der Waals surface area contributed by atoms with Gasteiger partial charge in [0.15, 0.2) is 0 Å². The Balaban J connectivity index is 2.04. The van der Waals surface area contributed by atoms with Crippen molar-refractivity contribution in [3.8, 4) is 0 Å². The molecule has 2 atom stereocenters. The molecule has 0 aromatic heterocycles. The van der Waals surface area contributed by atoms with E-state index < -0.39 is 0 Å². The molecule has 1 aromatic carbocycles. The molecule has 98 valence electrons. The van der Waals surface area contributed by atoms with Gasteiger partial charge in [0.2, 0.25) is 0 Å². The first kappa shape index (κ1) is 13.3. The van der Waals surface area contributed by atoms with Crippen LogP contribution in [0.25, 0.3) is 0 Å². The molecule has 0 heterocycles. The van der Waals surface area contributed by atoms with Crippen LogP contribution in [0.3, 0.4) is 0 Å². The van der Waals surface area contributed by atoms with Gasteiger partial charge in [0.05, 0.1) is 0 Å². The van der Waals surface area contributed by atoms with Crippen LogP contribution < -0.4 is 0 Å². The van der Waals surface area contributed by atoms with Crippen LogP contribution in [0.1, 0.15) is 43.7 Å². The molecule has 1 aromatic rings. The van der Waals surface area contributed by atoms with Crippen LogP contribution in [-0.2, 0) is 11.2 Å². The first-order chi connectivity index (χ1) is 8.56. The van der Waals surface area contributed by atoms with Crippen molar-refractivity contribution in [1.82, 2.24) is 0 Å². The van der Waals surface area contributed by atoms with E-state index in [0.29, 0.717) is 12.3 Å². The van der Waals surface area contributed by atoms with Gasteiger partial charge in [-0.15, -0.1) is 0 Å². The normalized spacial score (nSPS) is 23.9. The average molecular weight is 248 g/mol. The molecule has 1 nitrogen and oxygen atoms in total. The van der Waals surface area contributed by atoms with E-state index in [2.05, 4.69) is 6.92 Å². The lowest BCUT2D eigenvalue weighted by Crippen LogP contribution is -2.23. The molecular formula is C16H21FO. The van der Waals surface area contributed by atoms with Crippen molar-refractivity contribution in [3.05, 3.63) is 35.1 Å². The Morgan fingerprint density at radius 3 is 2.89 bits per heavy atom. The van der Waals surface area contributed by atoms with Gasteiger partial charge in [0, 0.05) is 12.3 Å². The molecule has 1 aliphatic carbocycles. The summed E-state index contributed by atoms with van der Waals surface area (Å²) in [6.07, 6.45) is 4.80. The van der Waals surface area contributed by atoms with Crippen molar-refractivity contribution >= 4 is 5.78 Å². The summed E-state index contributed by atoms with van der Waals surface area (Å²) < 4.78 is 13.2. The number of benzene rings is 1. The topological polar surface area (TPSA) is 17.1 Å². The van der Waals surface area contributed by atoms with Gasteiger partial charge >= 0.3 is 0 Å². The molecule has 0 spiro atoms. The molecule has 0 N–H and O–H groups in total. The second-order valence-electron chi connectivity index (χ2n) is 5.68. The van der Waals surface area contributed by atoms with Gasteiger partial charge in [-0.3, -0.25) is 4.79 Å².